The zero-order valence-corrected chi connectivity index (χ0v) is 34.5. The monoisotopic (exact) mass is 773 g/mol. The predicted octanol–water partition coefficient (Wildman–Crippen LogP) is 10.1. The third-order valence-corrected chi connectivity index (χ3v) is 19.6. The number of unbranched alkanes of at least 4 members (excludes halogenated alkanes) is 8. The largest absolute Gasteiger partial charge is 0.508 e. The Morgan fingerprint density at radius 2 is 1.35 bits per heavy atom. The first-order chi connectivity index (χ1) is 29.7. The minimum atomic E-state index is 0.111. The summed E-state index contributed by atoms with van der Waals surface area (Å²) in [6.07, 6.45) is 24.0. The molecule has 1 aliphatic heterocycles. The molecule has 8 aliphatic carbocycles. The number of aromatic hydroxyl groups is 1. The van der Waals surface area contributed by atoms with E-state index in [0.717, 1.165) is 19.4 Å². The maximum atomic E-state index is 10.6. The van der Waals surface area contributed by atoms with E-state index in [1.54, 1.807) is 129 Å². The Kier molecular flexibility index (Phi) is 4.90. The van der Waals surface area contributed by atoms with Crippen LogP contribution in [0.25, 0.3) is 104 Å². The maximum absolute atomic E-state index is 10.6. The zero-order chi connectivity index (χ0) is 38.4. The molecule has 9 aromatic rings. The lowest BCUT2D eigenvalue weighted by Gasteiger charge is -2.44. The SMILES string of the molecule is CCCCCCCCCCCC1N(c2ccc(O)cc2)CC2C3=c4c5c6c7c8c9c(cc%10c%11c%12c%13c%14c(cc%15c%16c(c4c6c(c%16%14)c%13c7c%119)=C(C3)C%15)=CC%12C%10)=CC3CC21C=5C83. The Morgan fingerprint density at radius 1 is 0.633 bits per heavy atom. The van der Waals surface area contributed by atoms with Crippen LogP contribution in [0.2, 0.25) is 0 Å². The van der Waals surface area contributed by atoms with Crippen LogP contribution in [0, 0.1) is 17.3 Å². The fourth-order valence-corrected chi connectivity index (χ4v) is 18.1. The first-order valence-electron chi connectivity index (χ1n) is 24.3. The van der Waals surface area contributed by atoms with Gasteiger partial charge in [-0.15, -0.1) is 0 Å². The molecule has 9 aliphatic rings. The quantitative estimate of drug-likeness (QED) is 0.105. The van der Waals surface area contributed by atoms with Crippen molar-refractivity contribution in [1.82, 2.24) is 0 Å². The van der Waals surface area contributed by atoms with Gasteiger partial charge in [0, 0.05) is 41.4 Å². The minimum absolute atomic E-state index is 0.111. The molecule has 1 N–H and O–H groups in total. The van der Waals surface area contributed by atoms with Gasteiger partial charge in [-0.05, 0) is 192 Å². The number of rotatable bonds is 11. The van der Waals surface area contributed by atoms with E-state index in [0.29, 0.717) is 35.5 Å². The standard InChI is InChI=1S/C58H47NO/c1-2-3-4-5-6-7-8-9-10-11-36-58-23-31-21-29-19-26-16-25-17-28-18-27-20-30-22-34(35(58)24-59(36)32-12-14-33(60)15-13-32)44-49-40(30)39(27)46-41(28)45-37(25)38(26)47-42(29)48-43(31)57(58)56(44)55-53(48)51(47)50(45)52(46)54(49)55/h12-15,17-19,21,25,31,35-36,43,60H,2-11,16,20,22-24H2,1H3. The summed E-state index contributed by atoms with van der Waals surface area (Å²) < 4.78 is 0. The van der Waals surface area contributed by atoms with Crippen molar-refractivity contribution in [1.29, 1.82) is 0 Å². The molecule has 2 heteroatoms. The van der Waals surface area contributed by atoms with E-state index < -0.39 is 0 Å². The van der Waals surface area contributed by atoms with Crippen LogP contribution in [0.1, 0.15) is 118 Å². The van der Waals surface area contributed by atoms with Crippen molar-refractivity contribution in [3.05, 3.63) is 84.7 Å². The summed E-state index contributed by atoms with van der Waals surface area (Å²) in [7, 11) is 0. The first kappa shape index (κ1) is 30.9. The number of hydrogen-bond acceptors (Lipinski definition) is 2. The van der Waals surface area contributed by atoms with Crippen LogP contribution < -0.4 is 31.0 Å². The molecule has 18 rings (SSSR count). The van der Waals surface area contributed by atoms with E-state index in [-0.39, 0.29) is 5.41 Å². The Labute approximate surface area is 347 Å². The van der Waals surface area contributed by atoms with Gasteiger partial charge in [0.15, 0.2) is 0 Å². The lowest BCUT2D eigenvalue weighted by molar-refractivity contribution is 0.278. The van der Waals surface area contributed by atoms with Crippen LogP contribution >= 0.6 is 0 Å². The van der Waals surface area contributed by atoms with Gasteiger partial charge in [-0.25, -0.2) is 0 Å². The van der Waals surface area contributed by atoms with Crippen LogP contribution in [0.3, 0.4) is 0 Å². The molecule has 0 radical (unpaired) electrons. The molecule has 1 saturated carbocycles. The molecule has 2 fully saturated rings. The van der Waals surface area contributed by atoms with Gasteiger partial charge in [0.2, 0.25) is 0 Å². The molecule has 1 spiro atoms. The van der Waals surface area contributed by atoms with E-state index in [1.165, 1.54) is 82.7 Å². The fourth-order valence-electron chi connectivity index (χ4n) is 18.1. The third-order valence-electron chi connectivity index (χ3n) is 19.6. The average molecular weight is 774 g/mol. The zero-order valence-electron chi connectivity index (χ0n) is 34.5. The second-order valence-electron chi connectivity index (χ2n) is 21.7. The van der Waals surface area contributed by atoms with Crippen LogP contribution in [0.15, 0.2) is 36.4 Å². The summed E-state index contributed by atoms with van der Waals surface area (Å²) in [5.41, 5.74) is 13.6. The molecule has 0 amide bonds. The molecule has 290 valence electrons. The number of fused-ring (bicyclic) bond motifs is 1. The number of phenols is 1. The van der Waals surface area contributed by atoms with Crippen LogP contribution in [0.5, 0.6) is 5.75 Å². The number of phenolic OH excluding ortho intramolecular Hbond substituents is 1. The molecule has 1 heterocycles. The highest BCUT2D eigenvalue weighted by Crippen LogP contribution is 2.72. The molecule has 9 aromatic carbocycles. The van der Waals surface area contributed by atoms with E-state index >= 15 is 0 Å². The van der Waals surface area contributed by atoms with Crippen molar-refractivity contribution in [2.75, 3.05) is 11.4 Å². The Balaban J connectivity index is 0.976. The molecular formula is C58H47NO. The summed E-state index contributed by atoms with van der Waals surface area (Å²) >= 11 is 0. The van der Waals surface area contributed by atoms with Gasteiger partial charge in [-0.1, -0.05) is 100 Å². The maximum Gasteiger partial charge on any atom is 0.115 e. The van der Waals surface area contributed by atoms with Crippen molar-refractivity contribution < 1.29 is 5.11 Å². The van der Waals surface area contributed by atoms with Gasteiger partial charge in [0.05, 0.1) is 0 Å². The lowest BCUT2D eigenvalue weighted by atomic mass is 9.59. The van der Waals surface area contributed by atoms with Gasteiger partial charge in [0.1, 0.15) is 5.75 Å². The summed E-state index contributed by atoms with van der Waals surface area (Å²) in [5, 5.41) is 42.4. The van der Waals surface area contributed by atoms with Gasteiger partial charge >= 0.3 is 0 Å². The van der Waals surface area contributed by atoms with Crippen molar-refractivity contribution >= 4 is 110 Å². The molecule has 60 heavy (non-hydrogen) atoms. The van der Waals surface area contributed by atoms with Gasteiger partial charge in [-0.3, -0.25) is 0 Å². The third kappa shape index (κ3) is 2.87. The summed E-state index contributed by atoms with van der Waals surface area (Å²) in [6, 6.07) is 14.3. The second kappa shape index (κ2) is 9.52. The lowest BCUT2D eigenvalue weighted by Crippen LogP contribution is -2.49. The molecule has 0 aromatic heterocycles. The number of benzene rings is 6. The van der Waals surface area contributed by atoms with Crippen LogP contribution in [0.4, 0.5) is 5.69 Å². The Bertz CT molecular complexity index is 3920. The molecule has 6 atom stereocenters. The Morgan fingerprint density at radius 3 is 2.20 bits per heavy atom. The highest BCUT2D eigenvalue weighted by Gasteiger charge is 2.66. The van der Waals surface area contributed by atoms with E-state index in [4.69, 9.17) is 0 Å². The summed E-state index contributed by atoms with van der Waals surface area (Å²) in [4.78, 5) is 2.91. The van der Waals surface area contributed by atoms with E-state index in [9.17, 15) is 5.11 Å². The van der Waals surface area contributed by atoms with Crippen molar-refractivity contribution in [2.24, 2.45) is 17.3 Å². The van der Waals surface area contributed by atoms with E-state index in [2.05, 4.69) is 48.2 Å². The van der Waals surface area contributed by atoms with Crippen LogP contribution in [-0.4, -0.2) is 17.7 Å². The molecule has 1 saturated heterocycles. The normalized spacial score (nSPS) is 27.5. The van der Waals surface area contributed by atoms with Crippen molar-refractivity contribution in [2.45, 2.75) is 115 Å². The van der Waals surface area contributed by atoms with Crippen molar-refractivity contribution in [3.63, 3.8) is 0 Å². The van der Waals surface area contributed by atoms with Gasteiger partial charge in [0.25, 0.3) is 0 Å². The van der Waals surface area contributed by atoms with Gasteiger partial charge in [-0.2, -0.15) is 0 Å². The smallest absolute Gasteiger partial charge is 0.115 e. The number of anilines is 1. The van der Waals surface area contributed by atoms with Crippen LogP contribution in [-0.2, 0) is 12.8 Å². The minimum Gasteiger partial charge on any atom is -0.508 e. The number of nitrogens with zero attached hydrogens (tertiary/aromatic N) is 1. The second-order valence-corrected chi connectivity index (χ2v) is 21.7. The fraction of sp³-hybridized carbons (Fsp3) is 0.379. The molecule has 0 bridgehead atoms. The number of hydrogen-bond donors (Lipinski definition) is 1. The molecule has 6 unspecified atom stereocenters. The van der Waals surface area contributed by atoms with E-state index in [1.807, 2.05) is 23.3 Å². The average Bonchev–Trinajstić information content (AvgIpc) is 4.11. The Hall–Kier alpha value is -5.08. The predicted molar refractivity (Wildman–Crippen MR) is 249 cm³/mol. The molecule has 2 nitrogen and oxygen atoms in total. The van der Waals surface area contributed by atoms with Crippen molar-refractivity contribution in [3.8, 4) is 5.75 Å². The summed E-state index contributed by atoms with van der Waals surface area (Å²) in [5.74, 6) is 2.44. The highest BCUT2D eigenvalue weighted by molar-refractivity contribution is 6.54. The highest BCUT2D eigenvalue weighted by atomic mass is 16.3. The summed E-state index contributed by atoms with van der Waals surface area (Å²) in [6.45, 7) is 3.43. The topological polar surface area (TPSA) is 23.5 Å². The first-order valence-corrected chi connectivity index (χ1v) is 24.3. The molecular weight excluding hydrogens is 727 g/mol. The van der Waals surface area contributed by atoms with Gasteiger partial charge < -0.3 is 10.0 Å².